The molecule has 0 spiro atoms. The molecule has 128 valence electrons. The van der Waals surface area contributed by atoms with E-state index >= 15 is 0 Å². The van der Waals surface area contributed by atoms with Crippen LogP contribution in [-0.2, 0) is 4.79 Å². The molecule has 4 N–H and O–H groups in total. The number of methoxy groups -OCH3 is 1. The molecule has 0 aromatic heterocycles. The fraction of sp³-hybridized carbons (Fsp3) is 0.500. The summed E-state index contributed by atoms with van der Waals surface area (Å²) in [6.07, 6.45) is 2.52. The molecule has 0 aliphatic heterocycles. The molecule has 1 aliphatic rings. The van der Waals surface area contributed by atoms with Crippen molar-refractivity contribution in [1.82, 2.24) is 10.6 Å². The van der Waals surface area contributed by atoms with Gasteiger partial charge in [0, 0.05) is 30.6 Å². The van der Waals surface area contributed by atoms with E-state index in [4.69, 9.17) is 10.5 Å². The van der Waals surface area contributed by atoms with E-state index in [0.29, 0.717) is 24.4 Å². The number of nitrogens with two attached hydrogens (primary N) is 1. The second-order valence-electron chi connectivity index (χ2n) is 5.55. The highest BCUT2D eigenvalue weighted by atomic mass is 35.5. The predicted molar refractivity (Wildman–Crippen MR) is 90.9 cm³/mol. The minimum absolute atomic E-state index is 0. The fourth-order valence-electron chi connectivity index (χ4n) is 2.61. The first-order valence-corrected chi connectivity index (χ1v) is 7.55. The molecule has 0 saturated heterocycles. The van der Waals surface area contributed by atoms with Gasteiger partial charge in [-0.25, -0.2) is 0 Å². The third-order valence-corrected chi connectivity index (χ3v) is 3.91. The van der Waals surface area contributed by atoms with Crippen LogP contribution < -0.4 is 21.1 Å². The van der Waals surface area contributed by atoms with Crippen LogP contribution in [0.3, 0.4) is 0 Å². The molecule has 2 rings (SSSR count). The molecule has 2 unspecified atom stereocenters. The second kappa shape index (κ2) is 9.37. The van der Waals surface area contributed by atoms with Crippen molar-refractivity contribution < 1.29 is 14.3 Å². The summed E-state index contributed by atoms with van der Waals surface area (Å²) >= 11 is 0. The fourth-order valence-corrected chi connectivity index (χ4v) is 2.61. The first kappa shape index (κ1) is 19.3. The van der Waals surface area contributed by atoms with Crippen molar-refractivity contribution >= 4 is 24.2 Å². The number of benzene rings is 1. The van der Waals surface area contributed by atoms with Crippen LogP contribution in [0.25, 0.3) is 0 Å². The first-order chi connectivity index (χ1) is 10.6. The Morgan fingerprint density at radius 3 is 2.39 bits per heavy atom. The zero-order chi connectivity index (χ0) is 15.9. The highest BCUT2D eigenvalue weighted by Crippen LogP contribution is 2.23. The van der Waals surface area contributed by atoms with Gasteiger partial charge in [0.25, 0.3) is 5.91 Å². The second-order valence-corrected chi connectivity index (χ2v) is 5.55. The van der Waals surface area contributed by atoms with E-state index in [-0.39, 0.29) is 36.2 Å². The van der Waals surface area contributed by atoms with Gasteiger partial charge in [0.2, 0.25) is 5.91 Å². The SMILES string of the molecule is COc1ccc(C(=O)NCCNC(=O)C2CCC(N)C2)cc1.Cl. The Bertz CT molecular complexity index is 522. The molecular formula is C16H24ClN3O3. The Labute approximate surface area is 142 Å². The average Bonchev–Trinajstić information content (AvgIpc) is 2.98. The molecule has 7 heteroatoms. The zero-order valence-electron chi connectivity index (χ0n) is 13.2. The number of ether oxygens (including phenoxy) is 1. The largest absolute Gasteiger partial charge is 0.497 e. The number of carbonyl (C=O) groups excluding carboxylic acids is 2. The molecule has 1 saturated carbocycles. The lowest BCUT2D eigenvalue weighted by molar-refractivity contribution is -0.124. The summed E-state index contributed by atoms with van der Waals surface area (Å²) in [5.41, 5.74) is 6.36. The summed E-state index contributed by atoms with van der Waals surface area (Å²) in [5.74, 6) is 0.595. The zero-order valence-corrected chi connectivity index (χ0v) is 14.0. The van der Waals surface area contributed by atoms with Gasteiger partial charge in [-0.15, -0.1) is 12.4 Å². The Morgan fingerprint density at radius 2 is 1.83 bits per heavy atom. The number of nitrogens with one attached hydrogen (secondary N) is 2. The molecule has 0 radical (unpaired) electrons. The molecular weight excluding hydrogens is 318 g/mol. The molecule has 1 aliphatic carbocycles. The third-order valence-electron chi connectivity index (χ3n) is 3.91. The molecule has 6 nitrogen and oxygen atoms in total. The van der Waals surface area contributed by atoms with Gasteiger partial charge in [0.05, 0.1) is 7.11 Å². The summed E-state index contributed by atoms with van der Waals surface area (Å²) in [6.45, 7) is 0.821. The van der Waals surface area contributed by atoms with Crippen LogP contribution in [-0.4, -0.2) is 38.1 Å². The Kier molecular flexibility index (Phi) is 7.85. The van der Waals surface area contributed by atoms with E-state index in [1.807, 2.05) is 0 Å². The molecule has 2 amide bonds. The van der Waals surface area contributed by atoms with Crippen molar-refractivity contribution in [3.63, 3.8) is 0 Å². The quantitative estimate of drug-likeness (QED) is 0.675. The maximum Gasteiger partial charge on any atom is 0.251 e. The van der Waals surface area contributed by atoms with E-state index < -0.39 is 0 Å². The lowest BCUT2D eigenvalue weighted by atomic mass is 10.1. The number of hydrogen-bond acceptors (Lipinski definition) is 4. The Balaban J connectivity index is 0.00000264. The summed E-state index contributed by atoms with van der Waals surface area (Å²) in [7, 11) is 1.58. The van der Waals surface area contributed by atoms with E-state index in [1.165, 1.54) is 0 Å². The van der Waals surface area contributed by atoms with E-state index in [2.05, 4.69) is 10.6 Å². The molecule has 1 aromatic rings. The minimum Gasteiger partial charge on any atom is -0.497 e. The van der Waals surface area contributed by atoms with Crippen molar-refractivity contribution in [1.29, 1.82) is 0 Å². The van der Waals surface area contributed by atoms with Gasteiger partial charge in [-0.1, -0.05) is 0 Å². The summed E-state index contributed by atoms with van der Waals surface area (Å²) in [5, 5.41) is 5.61. The number of amides is 2. The lowest BCUT2D eigenvalue weighted by Crippen LogP contribution is -2.37. The van der Waals surface area contributed by atoms with Crippen LogP contribution >= 0.6 is 12.4 Å². The third kappa shape index (κ3) is 5.73. The van der Waals surface area contributed by atoms with Crippen molar-refractivity contribution in [2.75, 3.05) is 20.2 Å². The number of hydrogen-bond donors (Lipinski definition) is 3. The van der Waals surface area contributed by atoms with Gasteiger partial charge in [-0.3, -0.25) is 9.59 Å². The summed E-state index contributed by atoms with van der Waals surface area (Å²) in [4.78, 5) is 23.8. The van der Waals surface area contributed by atoms with Crippen LogP contribution in [0.1, 0.15) is 29.6 Å². The van der Waals surface area contributed by atoms with E-state index in [1.54, 1.807) is 31.4 Å². The summed E-state index contributed by atoms with van der Waals surface area (Å²) in [6, 6.07) is 7.02. The van der Waals surface area contributed by atoms with Crippen LogP contribution in [0.4, 0.5) is 0 Å². The molecule has 1 aromatic carbocycles. The molecule has 0 heterocycles. The Morgan fingerprint density at radius 1 is 1.17 bits per heavy atom. The maximum absolute atomic E-state index is 11.9. The van der Waals surface area contributed by atoms with Gasteiger partial charge >= 0.3 is 0 Å². The normalized spacial score (nSPS) is 19.6. The minimum atomic E-state index is -0.167. The van der Waals surface area contributed by atoms with Crippen LogP contribution in [0.5, 0.6) is 5.75 Å². The van der Waals surface area contributed by atoms with Crippen LogP contribution in [0.2, 0.25) is 0 Å². The predicted octanol–water partition coefficient (Wildman–Crippen LogP) is 1.09. The van der Waals surface area contributed by atoms with Crippen molar-refractivity contribution in [3.05, 3.63) is 29.8 Å². The van der Waals surface area contributed by atoms with Crippen LogP contribution in [0, 0.1) is 5.92 Å². The van der Waals surface area contributed by atoms with Gasteiger partial charge in [-0.2, -0.15) is 0 Å². The van der Waals surface area contributed by atoms with E-state index in [9.17, 15) is 9.59 Å². The number of halogens is 1. The van der Waals surface area contributed by atoms with Gasteiger partial charge in [-0.05, 0) is 43.5 Å². The standard InChI is InChI=1S/C16H23N3O3.ClH/c1-22-14-6-3-11(4-7-14)15(20)18-8-9-19-16(21)12-2-5-13(17)10-12;/h3-4,6-7,12-13H,2,5,8-10,17H2,1H3,(H,18,20)(H,19,21);1H. The van der Waals surface area contributed by atoms with Gasteiger partial charge < -0.3 is 21.1 Å². The topological polar surface area (TPSA) is 93.5 Å². The molecule has 23 heavy (non-hydrogen) atoms. The highest BCUT2D eigenvalue weighted by molar-refractivity contribution is 5.94. The van der Waals surface area contributed by atoms with Gasteiger partial charge in [0.15, 0.2) is 0 Å². The number of carbonyl (C=O) groups is 2. The number of rotatable bonds is 6. The van der Waals surface area contributed by atoms with E-state index in [0.717, 1.165) is 19.3 Å². The molecule has 0 bridgehead atoms. The maximum atomic E-state index is 11.9. The average molecular weight is 342 g/mol. The first-order valence-electron chi connectivity index (χ1n) is 7.55. The van der Waals surface area contributed by atoms with Crippen molar-refractivity contribution in [3.8, 4) is 5.75 Å². The van der Waals surface area contributed by atoms with Gasteiger partial charge in [0.1, 0.15) is 5.75 Å². The van der Waals surface area contributed by atoms with Crippen molar-refractivity contribution in [2.45, 2.75) is 25.3 Å². The lowest BCUT2D eigenvalue weighted by Gasteiger charge is -2.11. The highest BCUT2D eigenvalue weighted by Gasteiger charge is 2.27. The monoisotopic (exact) mass is 341 g/mol. The molecule has 2 atom stereocenters. The van der Waals surface area contributed by atoms with Crippen molar-refractivity contribution in [2.24, 2.45) is 11.7 Å². The van der Waals surface area contributed by atoms with Crippen LogP contribution in [0.15, 0.2) is 24.3 Å². The summed E-state index contributed by atoms with van der Waals surface area (Å²) < 4.78 is 5.04. The Hall–Kier alpha value is -1.79. The molecule has 1 fully saturated rings. The smallest absolute Gasteiger partial charge is 0.251 e.